The van der Waals surface area contributed by atoms with E-state index in [0.717, 1.165) is 15.8 Å². The number of hydrogen-bond acceptors (Lipinski definition) is 2. The molecule has 0 saturated heterocycles. The Hall–Kier alpha value is -0.730. The molecule has 2 rings (SSSR count). The summed E-state index contributed by atoms with van der Waals surface area (Å²) in [6.45, 7) is 0. The van der Waals surface area contributed by atoms with E-state index < -0.39 is 0 Å². The van der Waals surface area contributed by atoms with Crippen molar-refractivity contribution in [1.82, 2.24) is 0 Å². The second-order valence-corrected chi connectivity index (χ2v) is 3.61. The van der Waals surface area contributed by atoms with Gasteiger partial charge in [0.15, 0.2) is 0 Å². The minimum Gasteiger partial charge on any atom is -0.497 e. The Morgan fingerprint density at radius 1 is 1.50 bits per heavy atom. The fourth-order valence-electron chi connectivity index (χ4n) is 1.05. The van der Waals surface area contributed by atoms with Crippen molar-refractivity contribution in [2.45, 2.75) is 0 Å². The van der Waals surface area contributed by atoms with E-state index in [1.165, 1.54) is 11.3 Å². The van der Waals surface area contributed by atoms with E-state index in [-0.39, 0.29) is 0 Å². The lowest BCUT2D eigenvalue weighted by Crippen LogP contribution is -1.79. The molecule has 0 amide bonds. The Kier molecular flexibility index (Phi) is 1.95. The molecule has 61 valence electrons. The van der Waals surface area contributed by atoms with Crippen LogP contribution in [0.25, 0.3) is 10.1 Å². The van der Waals surface area contributed by atoms with Crippen molar-refractivity contribution in [2.75, 3.05) is 7.11 Å². The van der Waals surface area contributed by atoms with Crippen LogP contribution in [0.15, 0.2) is 18.2 Å². The number of halogens is 1. The Bertz CT molecular complexity index is 408. The van der Waals surface area contributed by atoms with Crippen LogP contribution in [-0.2, 0) is 0 Å². The topological polar surface area (TPSA) is 9.23 Å². The third-order valence-corrected chi connectivity index (χ3v) is 2.95. The van der Waals surface area contributed by atoms with E-state index in [0.29, 0.717) is 5.02 Å². The first-order chi connectivity index (χ1) is 5.81. The van der Waals surface area contributed by atoms with Gasteiger partial charge in [-0.25, -0.2) is 0 Å². The summed E-state index contributed by atoms with van der Waals surface area (Å²) in [5.41, 5.74) is 0. The first-order valence-electron chi connectivity index (χ1n) is 3.45. The van der Waals surface area contributed by atoms with Gasteiger partial charge in [-0.3, -0.25) is 0 Å². The lowest BCUT2D eigenvalue weighted by molar-refractivity contribution is 0.415. The molecule has 0 aliphatic rings. The van der Waals surface area contributed by atoms with E-state index in [1.807, 2.05) is 18.2 Å². The van der Waals surface area contributed by atoms with Gasteiger partial charge in [0.25, 0.3) is 0 Å². The second-order valence-electron chi connectivity index (χ2n) is 2.38. The molecule has 0 spiro atoms. The highest BCUT2D eigenvalue weighted by atomic mass is 35.5. The Labute approximate surface area is 79.5 Å². The van der Waals surface area contributed by atoms with Crippen LogP contribution in [0.2, 0.25) is 5.02 Å². The molecule has 0 saturated carbocycles. The Morgan fingerprint density at radius 2 is 2.33 bits per heavy atom. The molecule has 12 heavy (non-hydrogen) atoms. The van der Waals surface area contributed by atoms with Crippen molar-refractivity contribution >= 4 is 33.0 Å². The van der Waals surface area contributed by atoms with Gasteiger partial charge in [-0.2, -0.15) is 0 Å². The van der Waals surface area contributed by atoms with Crippen molar-refractivity contribution in [3.05, 3.63) is 28.6 Å². The molecule has 0 unspecified atom stereocenters. The zero-order valence-corrected chi connectivity index (χ0v) is 8.00. The lowest BCUT2D eigenvalue weighted by atomic mass is 10.2. The molecule has 1 aromatic carbocycles. The van der Waals surface area contributed by atoms with Crippen molar-refractivity contribution in [3.63, 3.8) is 0 Å². The van der Waals surface area contributed by atoms with Crippen LogP contribution in [0.4, 0.5) is 0 Å². The van der Waals surface area contributed by atoms with Crippen LogP contribution >= 0.6 is 22.9 Å². The number of hydrogen-bond donors (Lipinski definition) is 0. The van der Waals surface area contributed by atoms with Crippen molar-refractivity contribution in [1.29, 1.82) is 0 Å². The highest BCUT2D eigenvalue weighted by molar-refractivity contribution is 7.17. The zero-order chi connectivity index (χ0) is 8.55. The maximum atomic E-state index is 5.88. The first-order valence-corrected chi connectivity index (χ1v) is 4.64. The van der Waals surface area contributed by atoms with Gasteiger partial charge < -0.3 is 4.74 Å². The summed E-state index contributed by atoms with van der Waals surface area (Å²) in [6.07, 6.45) is 0. The van der Waals surface area contributed by atoms with Crippen molar-refractivity contribution < 1.29 is 4.74 Å². The van der Waals surface area contributed by atoms with E-state index in [4.69, 9.17) is 16.3 Å². The third-order valence-electron chi connectivity index (χ3n) is 1.68. The molecule has 1 radical (unpaired) electrons. The summed E-state index contributed by atoms with van der Waals surface area (Å²) in [5.74, 6) is 0.856. The summed E-state index contributed by atoms with van der Waals surface area (Å²) in [5, 5.41) is 4.72. The maximum absolute atomic E-state index is 5.88. The van der Waals surface area contributed by atoms with E-state index in [9.17, 15) is 0 Å². The minimum atomic E-state index is 0.692. The largest absolute Gasteiger partial charge is 0.497 e. The van der Waals surface area contributed by atoms with Crippen LogP contribution in [0.1, 0.15) is 0 Å². The number of thiophene rings is 1. The Morgan fingerprint density at radius 3 is 3.08 bits per heavy atom. The summed E-state index contributed by atoms with van der Waals surface area (Å²) >= 11 is 7.39. The molecule has 0 fully saturated rings. The summed E-state index contributed by atoms with van der Waals surface area (Å²) < 4.78 is 6.19. The molecule has 0 bridgehead atoms. The van der Waals surface area contributed by atoms with E-state index in [2.05, 4.69) is 5.38 Å². The van der Waals surface area contributed by atoms with Gasteiger partial charge >= 0.3 is 0 Å². The molecule has 0 atom stereocenters. The predicted molar refractivity (Wildman–Crippen MR) is 52.2 cm³/mol. The first kappa shape index (κ1) is 7.90. The summed E-state index contributed by atoms with van der Waals surface area (Å²) in [7, 11) is 1.65. The molecule has 1 heterocycles. The molecule has 3 heteroatoms. The molecule has 0 N–H and O–H groups in total. The van der Waals surface area contributed by atoms with Gasteiger partial charge in [0.1, 0.15) is 5.75 Å². The summed E-state index contributed by atoms with van der Waals surface area (Å²) in [6, 6.07) is 5.81. The number of fused-ring (bicyclic) bond motifs is 1. The molecular formula is C9H6ClOS. The molecule has 0 aliphatic carbocycles. The minimum absolute atomic E-state index is 0.692. The average Bonchev–Trinajstić information content (AvgIpc) is 2.47. The smallest absolute Gasteiger partial charge is 0.120 e. The highest BCUT2D eigenvalue weighted by Crippen LogP contribution is 2.31. The van der Waals surface area contributed by atoms with Gasteiger partial charge in [0, 0.05) is 10.1 Å². The number of methoxy groups -OCH3 is 1. The van der Waals surface area contributed by atoms with Gasteiger partial charge in [0.2, 0.25) is 0 Å². The molecule has 1 aromatic heterocycles. The quantitative estimate of drug-likeness (QED) is 0.681. The molecular weight excluding hydrogens is 192 g/mol. The number of rotatable bonds is 1. The highest BCUT2D eigenvalue weighted by Gasteiger charge is 2.02. The average molecular weight is 198 g/mol. The van der Waals surface area contributed by atoms with Gasteiger partial charge in [0.05, 0.1) is 17.5 Å². The van der Waals surface area contributed by atoms with Crippen LogP contribution in [0.3, 0.4) is 0 Å². The molecule has 1 nitrogen and oxygen atoms in total. The van der Waals surface area contributed by atoms with Gasteiger partial charge in [-0.1, -0.05) is 11.6 Å². The standard InChI is InChI=1S/C9H6ClOS/c1-11-6-2-3-7-8(10)5-12-9(7)4-6/h2-4H,1H3. The fourth-order valence-corrected chi connectivity index (χ4v) is 2.15. The third kappa shape index (κ3) is 1.17. The van der Waals surface area contributed by atoms with Gasteiger partial charge in [-0.05, 0) is 18.2 Å². The maximum Gasteiger partial charge on any atom is 0.120 e. The number of ether oxygens (including phenoxy) is 1. The van der Waals surface area contributed by atoms with E-state index in [1.54, 1.807) is 7.11 Å². The second kappa shape index (κ2) is 2.96. The molecule has 2 aromatic rings. The normalized spacial score (nSPS) is 10.5. The number of benzene rings is 1. The van der Waals surface area contributed by atoms with Crippen molar-refractivity contribution in [2.24, 2.45) is 0 Å². The predicted octanol–water partition coefficient (Wildman–Crippen LogP) is 3.36. The monoisotopic (exact) mass is 197 g/mol. The lowest BCUT2D eigenvalue weighted by Gasteiger charge is -1.97. The van der Waals surface area contributed by atoms with Crippen LogP contribution < -0.4 is 4.74 Å². The van der Waals surface area contributed by atoms with E-state index >= 15 is 0 Å². The SMILES string of the molecule is COc1ccc2c(Cl)[c]sc2c1. The summed E-state index contributed by atoms with van der Waals surface area (Å²) in [4.78, 5) is 0. The molecule has 0 aliphatic heterocycles. The van der Waals surface area contributed by atoms with Crippen LogP contribution in [0.5, 0.6) is 5.75 Å². The zero-order valence-electron chi connectivity index (χ0n) is 6.43. The van der Waals surface area contributed by atoms with Crippen molar-refractivity contribution in [3.8, 4) is 5.75 Å². The van der Waals surface area contributed by atoms with Crippen LogP contribution in [0, 0.1) is 5.38 Å². The Balaban J connectivity index is 2.69. The van der Waals surface area contributed by atoms with Gasteiger partial charge in [-0.15, -0.1) is 11.3 Å². The van der Waals surface area contributed by atoms with Crippen LogP contribution in [-0.4, -0.2) is 7.11 Å². The fraction of sp³-hybridized carbons (Fsp3) is 0.111.